The number of halogens is 5. The lowest BCUT2D eigenvalue weighted by atomic mass is 10.1. The quantitative estimate of drug-likeness (QED) is 0.161. The van der Waals surface area contributed by atoms with E-state index in [1.54, 1.807) is 10.1 Å². The van der Waals surface area contributed by atoms with E-state index < -0.39 is 62.5 Å². The number of nitrogens with zero attached hydrogens (tertiary/aromatic N) is 4. The van der Waals surface area contributed by atoms with Crippen molar-refractivity contribution in [3.63, 3.8) is 0 Å². The molecule has 12 nitrogen and oxygen atoms in total. The maximum atomic E-state index is 13.6. The summed E-state index contributed by atoms with van der Waals surface area (Å²) in [6, 6.07) is 4.12. The minimum atomic E-state index is -4.76. The number of azide groups is 1. The van der Waals surface area contributed by atoms with Crippen LogP contribution in [-0.2, 0) is 13.8 Å². The molecule has 1 aliphatic rings. The number of hydrogen-bond donors (Lipinski definition) is 2. The van der Waals surface area contributed by atoms with Crippen molar-refractivity contribution in [3.8, 4) is 5.75 Å². The summed E-state index contributed by atoms with van der Waals surface area (Å²) in [6.45, 7) is -2.44. The number of benzene rings is 1. The molecule has 0 amide bonds. The Bertz CT molecular complexity index is 1270. The van der Waals surface area contributed by atoms with E-state index in [1.165, 1.54) is 24.3 Å². The molecule has 2 N–H and O–H groups in total. The number of alkyl halides is 3. The molecule has 0 saturated carbocycles. The normalized spacial score (nSPS) is 21.8. The molecular weight excluding hydrogens is 527 g/mol. The van der Waals surface area contributed by atoms with Crippen LogP contribution in [0.2, 0.25) is 5.02 Å². The van der Waals surface area contributed by atoms with E-state index in [2.05, 4.69) is 10.0 Å². The molecule has 4 atom stereocenters. The van der Waals surface area contributed by atoms with E-state index in [-0.39, 0.29) is 17.2 Å². The first kappa shape index (κ1) is 26.7. The number of hydrogen-bond acceptors (Lipinski definition) is 7. The molecule has 1 fully saturated rings. The Labute approximate surface area is 198 Å². The average Bonchev–Trinajstić information content (AvgIpc) is 3.18. The molecule has 1 aromatic heterocycles. The maximum Gasteiger partial charge on any atom is 0.459 e. The number of H-pyrrole nitrogens is 1. The summed E-state index contributed by atoms with van der Waals surface area (Å²) in [5.41, 5.74) is 6.53. The lowest BCUT2D eigenvalue weighted by Gasteiger charge is -2.23. The molecule has 0 radical (unpaired) electrons. The highest BCUT2D eigenvalue weighted by Gasteiger charge is 2.40. The van der Waals surface area contributed by atoms with Crippen LogP contribution < -0.4 is 20.9 Å². The van der Waals surface area contributed by atoms with Gasteiger partial charge in [0.15, 0.2) is 0 Å². The van der Waals surface area contributed by atoms with E-state index in [9.17, 15) is 31.7 Å². The summed E-state index contributed by atoms with van der Waals surface area (Å²) in [5, 5.41) is 5.45. The van der Waals surface area contributed by atoms with E-state index in [4.69, 9.17) is 30.9 Å². The van der Waals surface area contributed by atoms with Gasteiger partial charge in [-0.15, -0.1) is 0 Å². The standard InChI is InChI=1S/C17H16ClF4N6O6P/c18-9-1-3-10(4-2-9)34-35(31,24-8-17(20,21)22)32-7-13-12(26-27-23)5-14(33-13)28-6-11(19)15(29)25-16(28)30/h1-4,6,12-14H,5,7-8H2,(H,24,31)(H,25,29,30)/t12?,13-,14-,35?/m1/s1. The monoisotopic (exact) mass is 542 g/mol. The van der Waals surface area contributed by atoms with Gasteiger partial charge in [0, 0.05) is 16.4 Å². The minimum Gasteiger partial charge on any atom is -0.413 e. The fourth-order valence-electron chi connectivity index (χ4n) is 2.99. The SMILES string of the molecule is [N-]=[N+]=NC1C[C@H](n2cc(F)c(=O)[nH]c2=O)O[C@@H]1COP(=O)(NCC(F)(F)F)Oc1ccc(Cl)cc1. The second-order valence-corrected chi connectivity index (χ2v) is 9.26. The highest BCUT2D eigenvalue weighted by Crippen LogP contribution is 2.46. The average molecular weight is 543 g/mol. The minimum absolute atomic E-state index is 0.125. The Morgan fingerprint density at radius 2 is 2.03 bits per heavy atom. The number of aromatic amines is 1. The van der Waals surface area contributed by atoms with Crippen molar-refractivity contribution in [1.29, 1.82) is 0 Å². The van der Waals surface area contributed by atoms with Crippen LogP contribution in [-0.4, -0.2) is 41.0 Å². The molecule has 35 heavy (non-hydrogen) atoms. The molecule has 0 bridgehead atoms. The van der Waals surface area contributed by atoms with Crippen molar-refractivity contribution < 1.29 is 35.9 Å². The van der Waals surface area contributed by atoms with Crippen molar-refractivity contribution in [3.05, 3.63) is 72.6 Å². The van der Waals surface area contributed by atoms with Crippen LogP contribution in [0.5, 0.6) is 5.75 Å². The van der Waals surface area contributed by atoms with Crippen molar-refractivity contribution in [2.45, 2.75) is 31.0 Å². The third-order valence-corrected chi connectivity index (χ3v) is 6.30. The maximum absolute atomic E-state index is 13.6. The molecule has 1 saturated heterocycles. The zero-order chi connectivity index (χ0) is 25.8. The van der Waals surface area contributed by atoms with Gasteiger partial charge in [0.2, 0.25) is 5.82 Å². The second-order valence-electron chi connectivity index (χ2n) is 7.07. The van der Waals surface area contributed by atoms with E-state index in [0.717, 1.165) is 0 Å². The van der Waals surface area contributed by atoms with Crippen molar-refractivity contribution in [2.24, 2.45) is 5.11 Å². The van der Waals surface area contributed by atoms with Gasteiger partial charge < -0.3 is 9.26 Å². The Morgan fingerprint density at radius 3 is 2.66 bits per heavy atom. The molecule has 3 rings (SSSR count). The van der Waals surface area contributed by atoms with Gasteiger partial charge in [-0.25, -0.2) is 14.4 Å². The number of ether oxygens (including phenoxy) is 1. The summed E-state index contributed by atoms with van der Waals surface area (Å²) < 4.78 is 81.4. The molecule has 190 valence electrons. The fourth-order valence-corrected chi connectivity index (χ4v) is 4.44. The molecule has 18 heteroatoms. The highest BCUT2D eigenvalue weighted by molar-refractivity contribution is 7.52. The molecule has 1 aliphatic heterocycles. The van der Waals surface area contributed by atoms with E-state index in [1.807, 2.05) is 0 Å². The topological polar surface area (TPSA) is 160 Å². The van der Waals surface area contributed by atoms with Crippen LogP contribution in [0.3, 0.4) is 0 Å². The van der Waals surface area contributed by atoms with Gasteiger partial charge in [-0.2, -0.15) is 17.6 Å². The molecular formula is C17H16ClF4N6O6P. The molecule has 0 spiro atoms. The third-order valence-electron chi connectivity index (χ3n) is 4.56. The van der Waals surface area contributed by atoms with Crippen LogP contribution in [0.4, 0.5) is 17.6 Å². The zero-order valence-electron chi connectivity index (χ0n) is 17.3. The Kier molecular flexibility index (Phi) is 8.26. The van der Waals surface area contributed by atoms with Gasteiger partial charge in [0.05, 0.1) is 24.9 Å². The van der Waals surface area contributed by atoms with E-state index in [0.29, 0.717) is 10.8 Å². The van der Waals surface area contributed by atoms with Crippen LogP contribution in [0.1, 0.15) is 12.6 Å². The molecule has 2 heterocycles. The first-order valence-corrected chi connectivity index (χ1v) is 11.5. The first-order chi connectivity index (χ1) is 16.4. The summed E-state index contributed by atoms with van der Waals surface area (Å²) in [5.74, 6) is -1.41. The van der Waals surface area contributed by atoms with Crippen LogP contribution in [0.15, 0.2) is 45.2 Å². The molecule has 2 aromatic rings. The van der Waals surface area contributed by atoms with Gasteiger partial charge >= 0.3 is 19.6 Å². The van der Waals surface area contributed by atoms with Gasteiger partial charge in [0.25, 0.3) is 5.56 Å². The fraction of sp³-hybridized carbons (Fsp3) is 0.412. The van der Waals surface area contributed by atoms with Crippen LogP contribution in [0, 0.1) is 5.82 Å². The first-order valence-electron chi connectivity index (χ1n) is 9.61. The Balaban J connectivity index is 1.79. The molecule has 1 aromatic carbocycles. The number of aromatic nitrogens is 2. The van der Waals surface area contributed by atoms with Crippen LogP contribution in [0.25, 0.3) is 10.4 Å². The Morgan fingerprint density at radius 1 is 1.34 bits per heavy atom. The van der Waals surface area contributed by atoms with Crippen LogP contribution >= 0.6 is 19.3 Å². The van der Waals surface area contributed by atoms with Crippen molar-refractivity contribution in [2.75, 3.05) is 13.2 Å². The van der Waals surface area contributed by atoms with Gasteiger partial charge in [0.1, 0.15) is 18.5 Å². The number of nitrogens with one attached hydrogen (secondary N) is 2. The zero-order valence-corrected chi connectivity index (χ0v) is 19.0. The summed E-state index contributed by atoms with van der Waals surface area (Å²) in [4.78, 5) is 27.6. The third kappa shape index (κ3) is 7.31. The predicted molar refractivity (Wildman–Crippen MR) is 112 cm³/mol. The van der Waals surface area contributed by atoms with Gasteiger partial charge in [-0.3, -0.25) is 18.9 Å². The van der Waals surface area contributed by atoms with Gasteiger partial charge in [-0.05, 0) is 29.8 Å². The predicted octanol–water partition coefficient (Wildman–Crippen LogP) is 3.65. The molecule has 0 aliphatic carbocycles. The largest absolute Gasteiger partial charge is 0.459 e. The summed E-state index contributed by atoms with van der Waals surface area (Å²) in [6.07, 6.45) is -6.84. The lowest BCUT2D eigenvalue weighted by Crippen LogP contribution is -2.34. The summed E-state index contributed by atoms with van der Waals surface area (Å²) in [7, 11) is -4.67. The van der Waals surface area contributed by atoms with E-state index >= 15 is 0 Å². The smallest absolute Gasteiger partial charge is 0.413 e. The Hall–Kier alpha value is -2.87. The molecule has 2 unspecified atom stereocenters. The second kappa shape index (κ2) is 10.8. The summed E-state index contributed by atoms with van der Waals surface area (Å²) >= 11 is 5.75. The van der Waals surface area contributed by atoms with Crippen molar-refractivity contribution >= 4 is 19.3 Å². The number of rotatable bonds is 9. The lowest BCUT2D eigenvalue weighted by molar-refractivity contribution is -0.122. The van der Waals surface area contributed by atoms with Crippen molar-refractivity contribution in [1.82, 2.24) is 14.6 Å². The highest BCUT2D eigenvalue weighted by atomic mass is 35.5. The van der Waals surface area contributed by atoms with Gasteiger partial charge in [-0.1, -0.05) is 16.7 Å².